The van der Waals surface area contributed by atoms with Crippen LogP contribution in [-0.2, 0) is 6.42 Å². The Morgan fingerprint density at radius 1 is 0.821 bits per heavy atom. The number of aromatic nitrogens is 2. The van der Waals surface area contributed by atoms with Crippen molar-refractivity contribution in [1.29, 1.82) is 0 Å². The summed E-state index contributed by atoms with van der Waals surface area (Å²) in [5, 5.41) is 0. The quantitative estimate of drug-likeness (QED) is 0.400. The Hall–Kier alpha value is -2.75. The van der Waals surface area contributed by atoms with Crippen LogP contribution in [0.5, 0.6) is 5.75 Å². The fourth-order valence-electron chi connectivity index (χ4n) is 3.23. The summed E-state index contributed by atoms with van der Waals surface area (Å²) in [5.41, 5.74) is 4.03. The molecule has 0 saturated carbocycles. The van der Waals surface area contributed by atoms with Crippen LogP contribution in [0, 0.1) is 5.82 Å². The second-order valence-corrected chi connectivity index (χ2v) is 7.01. The van der Waals surface area contributed by atoms with Crippen LogP contribution >= 0.6 is 0 Å². The molecule has 1 heterocycles. The zero-order chi connectivity index (χ0) is 19.8. The van der Waals surface area contributed by atoms with Crippen molar-refractivity contribution in [3.05, 3.63) is 66.2 Å². The minimum absolute atomic E-state index is 0.214. The van der Waals surface area contributed by atoms with Crippen molar-refractivity contribution >= 4 is 0 Å². The Balaban J connectivity index is 1.64. The maximum absolute atomic E-state index is 13.9. The van der Waals surface area contributed by atoms with Crippen LogP contribution in [0.25, 0.3) is 22.5 Å². The summed E-state index contributed by atoms with van der Waals surface area (Å²) in [6.45, 7) is 2.24. The molecule has 0 aliphatic heterocycles. The van der Waals surface area contributed by atoms with E-state index in [2.05, 4.69) is 41.2 Å². The van der Waals surface area contributed by atoms with Crippen LogP contribution in [0.15, 0.2) is 54.9 Å². The molecule has 0 atom stereocenters. The monoisotopic (exact) mass is 378 g/mol. The molecular formula is C24H27FN2O. The lowest BCUT2D eigenvalue weighted by Crippen LogP contribution is -1.93. The van der Waals surface area contributed by atoms with E-state index in [1.807, 2.05) is 0 Å². The van der Waals surface area contributed by atoms with Gasteiger partial charge in [0.25, 0.3) is 0 Å². The van der Waals surface area contributed by atoms with Gasteiger partial charge in [0.1, 0.15) is 0 Å². The molecule has 146 valence electrons. The van der Waals surface area contributed by atoms with Crippen molar-refractivity contribution in [3.8, 4) is 28.3 Å². The molecule has 0 aliphatic carbocycles. The minimum atomic E-state index is -0.419. The lowest BCUT2D eigenvalue weighted by molar-refractivity contribution is 0.386. The average molecular weight is 378 g/mol. The molecule has 0 aliphatic rings. The van der Waals surface area contributed by atoms with Gasteiger partial charge in [-0.25, -0.2) is 14.4 Å². The molecule has 0 radical (unpaired) electrons. The van der Waals surface area contributed by atoms with Crippen molar-refractivity contribution in [2.24, 2.45) is 0 Å². The first kappa shape index (κ1) is 20.0. The first-order valence-corrected chi connectivity index (χ1v) is 9.96. The molecule has 3 nitrogen and oxygen atoms in total. The Bertz CT molecular complexity index is 876. The van der Waals surface area contributed by atoms with E-state index in [0.717, 1.165) is 17.5 Å². The van der Waals surface area contributed by atoms with Gasteiger partial charge in [0.05, 0.1) is 7.11 Å². The number of nitrogens with zero attached hydrogens (tertiary/aromatic N) is 2. The maximum atomic E-state index is 13.9. The zero-order valence-electron chi connectivity index (χ0n) is 16.6. The van der Waals surface area contributed by atoms with Crippen LogP contribution < -0.4 is 4.74 Å². The SMILES string of the molecule is CCCCCCCc1ccc(-c2cnc(-c3ccc(OC)c(F)c3)nc2)cc1. The van der Waals surface area contributed by atoms with Gasteiger partial charge >= 0.3 is 0 Å². The predicted octanol–water partition coefficient (Wildman–Crippen LogP) is 6.47. The number of aryl methyl sites for hydroxylation is 1. The Kier molecular flexibility index (Phi) is 7.12. The van der Waals surface area contributed by atoms with E-state index in [9.17, 15) is 4.39 Å². The van der Waals surface area contributed by atoms with Crippen molar-refractivity contribution in [3.63, 3.8) is 0 Å². The highest BCUT2D eigenvalue weighted by Crippen LogP contribution is 2.25. The third kappa shape index (κ3) is 5.16. The third-order valence-corrected chi connectivity index (χ3v) is 4.92. The minimum Gasteiger partial charge on any atom is -0.494 e. The molecule has 1 aromatic heterocycles. The van der Waals surface area contributed by atoms with Crippen LogP contribution in [0.3, 0.4) is 0 Å². The number of rotatable bonds is 9. The normalized spacial score (nSPS) is 10.8. The van der Waals surface area contributed by atoms with E-state index in [1.54, 1.807) is 24.5 Å². The van der Waals surface area contributed by atoms with Crippen LogP contribution in [0.2, 0.25) is 0 Å². The largest absolute Gasteiger partial charge is 0.494 e. The Morgan fingerprint density at radius 2 is 1.50 bits per heavy atom. The number of methoxy groups -OCH3 is 1. The van der Waals surface area contributed by atoms with E-state index >= 15 is 0 Å². The summed E-state index contributed by atoms with van der Waals surface area (Å²) in [6, 6.07) is 13.3. The van der Waals surface area contributed by atoms with Crippen molar-refractivity contribution in [1.82, 2.24) is 9.97 Å². The number of unbranched alkanes of at least 4 members (excludes halogenated alkanes) is 4. The molecule has 0 fully saturated rings. The van der Waals surface area contributed by atoms with Gasteiger partial charge in [-0.1, -0.05) is 56.9 Å². The molecular weight excluding hydrogens is 351 g/mol. The molecule has 0 unspecified atom stereocenters. The van der Waals surface area contributed by atoms with Crippen molar-refractivity contribution in [2.45, 2.75) is 45.4 Å². The van der Waals surface area contributed by atoms with Gasteiger partial charge in [0, 0.05) is 23.5 Å². The van der Waals surface area contributed by atoms with Gasteiger partial charge in [-0.05, 0) is 42.2 Å². The van der Waals surface area contributed by atoms with E-state index in [4.69, 9.17) is 4.74 Å². The summed E-state index contributed by atoms with van der Waals surface area (Å²) < 4.78 is 18.8. The second kappa shape index (κ2) is 9.98. The lowest BCUT2D eigenvalue weighted by Gasteiger charge is -2.07. The van der Waals surface area contributed by atoms with Crippen LogP contribution in [0.1, 0.15) is 44.6 Å². The second-order valence-electron chi connectivity index (χ2n) is 7.01. The summed E-state index contributed by atoms with van der Waals surface area (Å²) in [7, 11) is 1.45. The van der Waals surface area contributed by atoms with E-state index in [0.29, 0.717) is 11.4 Å². The highest BCUT2D eigenvalue weighted by atomic mass is 19.1. The molecule has 2 aromatic carbocycles. The number of benzene rings is 2. The summed E-state index contributed by atoms with van der Waals surface area (Å²) in [4.78, 5) is 8.81. The fraction of sp³-hybridized carbons (Fsp3) is 0.333. The number of hydrogen-bond donors (Lipinski definition) is 0. The predicted molar refractivity (Wildman–Crippen MR) is 112 cm³/mol. The van der Waals surface area contributed by atoms with Gasteiger partial charge in [-0.2, -0.15) is 0 Å². The van der Waals surface area contributed by atoms with Gasteiger partial charge < -0.3 is 4.74 Å². The molecule has 3 rings (SSSR count). The zero-order valence-corrected chi connectivity index (χ0v) is 16.6. The standard InChI is InChI=1S/C24H27FN2O/c1-3-4-5-6-7-8-18-9-11-19(12-10-18)21-16-26-24(27-17-21)20-13-14-23(28-2)22(25)15-20/h9-17H,3-8H2,1-2H3. The summed E-state index contributed by atoms with van der Waals surface area (Å²) >= 11 is 0. The van der Waals surface area contributed by atoms with Gasteiger partial charge in [0.2, 0.25) is 0 Å². The van der Waals surface area contributed by atoms with Crippen molar-refractivity contribution in [2.75, 3.05) is 7.11 Å². The Labute approximate surface area is 166 Å². The number of hydrogen-bond acceptors (Lipinski definition) is 3. The van der Waals surface area contributed by atoms with Crippen LogP contribution in [0.4, 0.5) is 4.39 Å². The number of halogens is 1. The summed E-state index contributed by atoms with van der Waals surface area (Å²) in [6.07, 6.45) is 11.2. The topological polar surface area (TPSA) is 35.0 Å². The van der Waals surface area contributed by atoms with Crippen molar-refractivity contribution < 1.29 is 9.13 Å². The first-order chi connectivity index (χ1) is 13.7. The highest BCUT2D eigenvalue weighted by Gasteiger charge is 2.08. The lowest BCUT2D eigenvalue weighted by atomic mass is 10.0. The summed E-state index contributed by atoms with van der Waals surface area (Å²) in [5.74, 6) is 0.290. The van der Waals surface area contributed by atoms with E-state index < -0.39 is 5.82 Å². The molecule has 0 spiro atoms. The fourth-order valence-corrected chi connectivity index (χ4v) is 3.23. The molecule has 28 heavy (non-hydrogen) atoms. The van der Waals surface area contributed by atoms with E-state index in [1.165, 1.54) is 50.8 Å². The smallest absolute Gasteiger partial charge is 0.165 e. The molecule has 0 N–H and O–H groups in total. The number of ether oxygens (including phenoxy) is 1. The third-order valence-electron chi connectivity index (χ3n) is 4.92. The molecule has 0 bridgehead atoms. The van der Waals surface area contributed by atoms with Gasteiger partial charge in [-0.15, -0.1) is 0 Å². The molecule has 0 amide bonds. The molecule has 0 saturated heterocycles. The average Bonchev–Trinajstić information content (AvgIpc) is 2.74. The van der Waals surface area contributed by atoms with Crippen LogP contribution in [-0.4, -0.2) is 17.1 Å². The van der Waals surface area contributed by atoms with Gasteiger partial charge in [0.15, 0.2) is 17.4 Å². The molecule has 3 aromatic rings. The van der Waals surface area contributed by atoms with Gasteiger partial charge in [-0.3, -0.25) is 0 Å². The first-order valence-electron chi connectivity index (χ1n) is 9.96. The molecule has 4 heteroatoms. The highest BCUT2D eigenvalue weighted by molar-refractivity contribution is 5.64. The van der Waals surface area contributed by atoms with E-state index in [-0.39, 0.29) is 5.75 Å². The Morgan fingerprint density at radius 3 is 2.14 bits per heavy atom. The maximum Gasteiger partial charge on any atom is 0.165 e.